The van der Waals surface area contributed by atoms with E-state index in [9.17, 15) is 5.11 Å². The van der Waals surface area contributed by atoms with Crippen molar-refractivity contribution in [3.05, 3.63) is 89.5 Å². The van der Waals surface area contributed by atoms with E-state index in [2.05, 4.69) is 80.7 Å². The Labute approximate surface area is 177 Å². The molecule has 2 N–H and O–H groups in total. The lowest BCUT2D eigenvalue weighted by molar-refractivity contribution is 0.442. The molecule has 0 saturated carbocycles. The summed E-state index contributed by atoms with van der Waals surface area (Å²) in [5.41, 5.74) is 4.77. The van der Waals surface area contributed by atoms with Crippen molar-refractivity contribution in [2.24, 2.45) is 0 Å². The van der Waals surface area contributed by atoms with Gasteiger partial charge in [0.25, 0.3) is 0 Å². The Balaban J connectivity index is 1.93. The second-order valence-electron chi connectivity index (χ2n) is 7.71. The summed E-state index contributed by atoms with van der Waals surface area (Å²) in [5.74, 6) is 0.429. The Kier molecular flexibility index (Phi) is 7.34. The fraction of sp³-hybridized carbons (Fsp3) is 0.308. The van der Waals surface area contributed by atoms with Gasteiger partial charge in [-0.2, -0.15) is 0 Å². The van der Waals surface area contributed by atoms with Crippen LogP contribution >= 0.6 is 8.58 Å². The van der Waals surface area contributed by atoms with Gasteiger partial charge in [0.15, 0.2) is 0 Å². The SMILES string of the molecule is CCCC(CC)(Pc1ccccc1CNc1ccccc1)c1cc(C)ccc1O. The molecule has 2 nitrogen and oxygen atoms in total. The molecule has 0 heterocycles. The number of nitrogens with one attached hydrogen (secondary N) is 1. The molecule has 3 rings (SSSR count). The number of phenolic OH excluding ortho intramolecular Hbond substituents is 1. The minimum absolute atomic E-state index is 0.0340. The second kappa shape index (κ2) is 9.94. The van der Waals surface area contributed by atoms with Crippen LogP contribution in [-0.2, 0) is 11.7 Å². The zero-order valence-electron chi connectivity index (χ0n) is 17.7. The van der Waals surface area contributed by atoms with Crippen molar-refractivity contribution in [2.45, 2.75) is 51.7 Å². The van der Waals surface area contributed by atoms with Gasteiger partial charge in [0, 0.05) is 23.0 Å². The van der Waals surface area contributed by atoms with Crippen molar-refractivity contribution in [1.29, 1.82) is 0 Å². The fourth-order valence-electron chi connectivity index (χ4n) is 3.99. The molecule has 3 aromatic rings. The van der Waals surface area contributed by atoms with Gasteiger partial charge in [0.05, 0.1) is 0 Å². The molecule has 152 valence electrons. The second-order valence-corrected chi connectivity index (χ2v) is 9.45. The summed E-state index contributed by atoms with van der Waals surface area (Å²) in [4.78, 5) is 0. The van der Waals surface area contributed by atoms with E-state index in [1.54, 1.807) is 0 Å². The largest absolute Gasteiger partial charge is 0.508 e. The normalized spacial score (nSPS) is 13.5. The van der Waals surface area contributed by atoms with Crippen molar-refractivity contribution in [3.63, 3.8) is 0 Å². The monoisotopic (exact) mass is 405 g/mol. The molecule has 29 heavy (non-hydrogen) atoms. The van der Waals surface area contributed by atoms with Crippen LogP contribution in [0.25, 0.3) is 0 Å². The van der Waals surface area contributed by atoms with Crippen LogP contribution in [0.3, 0.4) is 0 Å². The van der Waals surface area contributed by atoms with Crippen LogP contribution in [0, 0.1) is 6.92 Å². The first-order valence-electron chi connectivity index (χ1n) is 10.5. The summed E-state index contributed by atoms with van der Waals surface area (Å²) in [6, 6.07) is 25.1. The highest BCUT2D eigenvalue weighted by molar-refractivity contribution is 7.48. The van der Waals surface area contributed by atoms with Crippen molar-refractivity contribution in [2.75, 3.05) is 5.32 Å². The Hall–Kier alpha value is -2.31. The van der Waals surface area contributed by atoms with Crippen LogP contribution in [0.4, 0.5) is 5.69 Å². The molecule has 2 unspecified atom stereocenters. The van der Waals surface area contributed by atoms with E-state index in [1.807, 2.05) is 18.2 Å². The Bertz CT molecular complexity index is 925. The lowest BCUT2D eigenvalue weighted by Crippen LogP contribution is -2.24. The van der Waals surface area contributed by atoms with E-state index >= 15 is 0 Å². The number of hydrogen-bond acceptors (Lipinski definition) is 2. The van der Waals surface area contributed by atoms with Crippen molar-refractivity contribution in [1.82, 2.24) is 0 Å². The molecular weight excluding hydrogens is 373 g/mol. The van der Waals surface area contributed by atoms with E-state index in [0.717, 1.165) is 37.1 Å². The highest BCUT2D eigenvalue weighted by atomic mass is 31.1. The first-order valence-corrected chi connectivity index (χ1v) is 11.5. The maximum Gasteiger partial charge on any atom is 0.119 e. The van der Waals surface area contributed by atoms with Crippen LogP contribution in [0.5, 0.6) is 5.75 Å². The molecular formula is C26H32NOP. The fourth-order valence-corrected chi connectivity index (χ4v) is 5.90. The molecule has 2 atom stereocenters. The van der Waals surface area contributed by atoms with Crippen molar-refractivity contribution < 1.29 is 5.11 Å². The van der Waals surface area contributed by atoms with Gasteiger partial charge < -0.3 is 10.4 Å². The van der Waals surface area contributed by atoms with Gasteiger partial charge in [0.1, 0.15) is 5.75 Å². The molecule has 0 bridgehead atoms. The number of hydrogen-bond donors (Lipinski definition) is 2. The smallest absolute Gasteiger partial charge is 0.119 e. The molecule has 0 saturated heterocycles. The van der Waals surface area contributed by atoms with Crippen LogP contribution in [0.15, 0.2) is 72.8 Å². The Morgan fingerprint density at radius 2 is 1.66 bits per heavy atom. The van der Waals surface area contributed by atoms with Gasteiger partial charge in [-0.25, -0.2) is 0 Å². The summed E-state index contributed by atoms with van der Waals surface area (Å²) in [5, 5.41) is 15.6. The van der Waals surface area contributed by atoms with E-state index in [1.165, 1.54) is 16.4 Å². The first-order chi connectivity index (χ1) is 14.1. The average molecular weight is 406 g/mol. The molecule has 0 amide bonds. The van der Waals surface area contributed by atoms with Gasteiger partial charge in [-0.3, -0.25) is 0 Å². The molecule has 3 aromatic carbocycles. The molecule has 0 aliphatic carbocycles. The summed E-state index contributed by atoms with van der Waals surface area (Å²) < 4.78 is 0. The number of anilines is 1. The number of aromatic hydroxyl groups is 1. The number of rotatable bonds is 9. The quantitative estimate of drug-likeness (QED) is 0.387. The molecule has 0 spiro atoms. The summed E-state index contributed by atoms with van der Waals surface area (Å²) in [6.07, 6.45) is 3.18. The van der Waals surface area contributed by atoms with Gasteiger partial charge in [0.2, 0.25) is 0 Å². The predicted molar refractivity (Wildman–Crippen MR) is 128 cm³/mol. The minimum Gasteiger partial charge on any atom is -0.508 e. The van der Waals surface area contributed by atoms with Gasteiger partial charge in [-0.05, 0) is 48.8 Å². The number of benzene rings is 3. The summed E-state index contributed by atoms with van der Waals surface area (Å²) in [6.45, 7) is 7.41. The van der Waals surface area contributed by atoms with Crippen LogP contribution < -0.4 is 10.6 Å². The maximum atomic E-state index is 10.7. The topological polar surface area (TPSA) is 32.3 Å². The van der Waals surface area contributed by atoms with E-state index in [4.69, 9.17) is 0 Å². The highest BCUT2D eigenvalue weighted by Crippen LogP contribution is 2.51. The van der Waals surface area contributed by atoms with Crippen molar-refractivity contribution >= 4 is 19.6 Å². The van der Waals surface area contributed by atoms with E-state index < -0.39 is 0 Å². The van der Waals surface area contributed by atoms with Crippen LogP contribution in [-0.4, -0.2) is 5.11 Å². The van der Waals surface area contributed by atoms with Gasteiger partial charge >= 0.3 is 0 Å². The zero-order chi connectivity index (χ0) is 20.7. The molecule has 0 fully saturated rings. The standard InChI is InChI=1S/C26H32NOP/c1-4-17-26(5-2,23-18-20(3)15-16-24(23)28)29-25-14-10-9-11-21(25)19-27-22-12-7-6-8-13-22/h6-16,18,27-29H,4-5,17,19H2,1-3H3. The van der Waals surface area contributed by atoms with Crippen molar-refractivity contribution in [3.8, 4) is 5.75 Å². The average Bonchev–Trinajstić information content (AvgIpc) is 2.75. The summed E-state index contributed by atoms with van der Waals surface area (Å²) in [7, 11) is 0.609. The minimum atomic E-state index is -0.0340. The number of phenols is 1. The zero-order valence-corrected chi connectivity index (χ0v) is 18.7. The van der Waals surface area contributed by atoms with E-state index in [0.29, 0.717) is 14.3 Å². The van der Waals surface area contributed by atoms with E-state index in [-0.39, 0.29) is 5.16 Å². The summed E-state index contributed by atoms with van der Waals surface area (Å²) >= 11 is 0. The Morgan fingerprint density at radius 1 is 0.931 bits per heavy atom. The molecule has 3 heteroatoms. The lowest BCUT2D eigenvalue weighted by Gasteiger charge is -2.35. The molecule has 0 aromatic heterocycles. The van der Waals surface area contributed by atoms with Crippen LogP contribution in [0.1, 0.15) is 49.8 Å². The van der Waals surface area contributed by atoms with Crippen LogP contribution in [0.2, 0.25) is 0 Å². The first kappa shape index (κ1) is 21.4. The number of aryl methyl sites for hydroxylation is 1. The van der Waals surface area contributed by atoms with Gasteiger partial charge in [-0.1, -0.05) is 89.0 Å². The molecule has 0 aliphatic rings. The van der Waals surface area contributed by atoms with Gasteiger partial charge in [-0.15, -0.1) is 0 Å². The molecule has 0 aliphatic heterocycles. The predicted octanol–water partition coefficient (Wildman–Crippen LogP) is 6.72. The third kappa shape index (κ3) is 5.19. The third-order valence-corrected chi connectivity index (χ3v) is 7.70. The number of para-hydroxylation sites is 1. The third-order valence-electron chi connectivity index (χ3n) is 5.60. The Morgan fingerprint density at radius 3 is 2.38 bits per heavy atom. The lowest BCUT2D eigenvalue weighted by atomic mass is 9.89. The highest BCUT2D eigenvalue weighted by Gasteiger charge is 2.33. The maximum absolute atomic E-state index is 10.7. The molecule has 0 radical (unpaired) electrons.